The van der Waals surface area contributed by atoms with Gasteiger partial charge in [0.15, 0.2) is 0 Å². The van der Waals surface area contributed by atoms with Crippen LogP contribution in [-0.2, 0) is 0 Å². The summed E-state index contributed by atoms with van der Waals surface area (Å²) < 4.78 is 0. The van der Waals surface area contributed by atoms with Gasteiger partial charge in [-0.3, -0.25) is 0 Å². The van der Waals surface area contributed by atoms with Gasteiger partial charge >= 0.3 is 0 Å². The highest BCUT2D eigenvalue weighted by Gasteiger charge is 2.07. The number of aliphatic hydroxyl groups is 1. The largest absolute Gasteiger partial charge is 0.390 e. The van der Waals surface area contributed by atoms with Crippen molar-refractivity contribution >= 4 is 0 Å². The minimum Gasteiger partial charge on any atom is -0.390 e. The van der Waals surface area contributed by atoms with Crippen LogP contribution in [0.2, 0.25) is 0 Å². The molecular weight excluding hydrogens is 112 g/mol. The third-order valence-corrected chi connectivity index (χ3v) is 0.890. The standard InChI is InChI=1S/C8H14O/c1-4-5-6-7-8(2,3)9/h4-6,9H,1,7H2,2-3H3. The van der Waals surface area contributed by atoms with Gasteiger partial charge in [0.05, 0.1) is 5.60 Å². The fraction of sp³-hybridized carbons (Fsp3) is 0.500. The Labute approximate surface area is 56.7 Å². The Hall–Kier alpha value is -0.560. The molecule has 0 fully saturated rings. The summed E-state index contributed by atoms with van der Waals surface area (Å²) in [6.07, 6.45) is 6.11. The highest BCUT2D eigenvalue weighted by Crippen LogP contribution is 2.06. The average molecular weight is 126 g/mol. The molecule has 1 nitrogen and oxygen atoms in total. The molecule has 0 aliphatic heterocycles. The van der Waals surface area contributed by atoms with Gasteiger partial charge in [-0.1, -0.05) is 24.8 Å². The van der Waals surface area contributed by atoms with Crippen LogP contribution >= 0.6 is 0 Å². The van der Waals surface area contributed by atoms with Gasteiger partial charge < -0.3 is 5.11 Å². The second-order valence-corrected chi connectivity index (χ2v) is 2.68. The lowest BCUT2D eigenvalue weighted by Gasteiger charge is -2.12. The maximum Gasteiger partial charge on any atom is 0.0626 e. The first kappa shape index (κ1) is 8.44. The van der Waals surface area contributed by atoms with E-state index in [1.807, 2.05) is 12.2 Å². The van der Waals surface area contributed by atoms with E-state index in [4.69, 9.17) is 5.11 Å². The summed E-state index contributed by atoms with van der Waals surface area (Å²) in [6.45, 7) is 7.07. The molecule has 0 rings (SSSR count). The predicted octanol–water partition coefficient (Wildman–Crippen LogP) is 1.89. The van der Waals surface area contributed by atoms with E-state index < -0.39 is 5.60 Å². The molecule has 0 unspecified atom stereocenters. The molecule has 52 valence electrons. The molecule has 0 aromatic carbocycles. The molecule has 0 spiro atoms. The summed E-state index contributed by atoms with van der Waals surface area (Å²) in [5, 5.41) is 9.16. The van der Waals surface area contributed by atoms with Crippen LogP contribution in [0.3, 0.4) is 0 Å². The smallest absolute Gasteiger partial charge is 0.0626 e. The summed E-state index contributed by atoms with van der Waals surface area (Å²) in [5.41, 5.74) is -0.584. The van der Waals surface area contributed by atoms with Crippen LogP contribution in [0.25, 0.3) is 0 Å². The zero-order valence-corrected chi connectivity index (χ0v) is 6.09. The van der Waals surface area contributed by atoms with Gasteiger partial charge in [0.25, 0.3) is 0 Å². The zero-order chi connectivity index (χ0) is 7.33. The van der Waals surface area contributed by atoms with Gasteiger partial charge in [-0.15, -0.1) is 0 Å². The first-order valence-electron chi connectivity index (χ1n) is 3.06. The van der Waals surface area contributed by atoms with Gasteiger partial charge in [0, 0.05) is 0 Å². The summed E-state index contributed by atoms with van der Waals surface area (Å²) >= 11 is 0. The quantitative estimate of drug-likeness (QED) is 0.572. The summed E-state index contributed by atoms with van der Waals surface area (Å²) in [5.74, 6) is 0. The molecular formula is C8H14O. The summed E-state index contributed by atoms with van der Waals surface area (Å²) in [6, 6.07) is 0. The van der Waals surface area contributed by atoms with E-state index in [0.717, 1.165) is 0 Å². The normalized spacial score (nSPS) is 12.3. The molecule has 0 heterocycles. The van der Waals surface area contributed by atoms with Crippen molar-refractivity contribution in [3.8, 4) is 0 Å². The van der Waals surface area contributed by atoms with Crippen molar-refractivity contribution in [2.24, 2.45) is 0 Å². The molecule has 0 atom stereocenters. The van der Waals surface area contributed by atoms with Crippen molar-refractivity contribution < 1.29 is 5.11 Å². The molecule has 0 radical (unpaired) electrons. The summed E-state index contributed by atoms with van der Waals surface area (Å²) in [4.78, 5) is 0. The third-order valence-electron chi connectivity index (χ3n) is 0.890. The van der Waals surface area contributed by atoms with Crippen molar-refractivity contribution in [1.29, 1.82) is 0 Å². The van der Waals surface area contributed by atoms with Crippen LogP contribution in [0, 0.1) is 0 Å². The molecule has 1 heteroatoms. The van der Waals surface area contributed by atoms with E-state index in [1.165, 1.54) is 0 Å². The summed E-state index contributed by atoms with van der Waals surface area (Å²) in [7, 11) is 0. The Bertz CT molecular complexity index is 106. The average Bonchev–Trinajstić information content (AvgIpc) is 1.63. The fourth-order valence-electron chi connectivity index (χ4n) is 0.453. The molecule has 9 heavy (non-hydrogen) atoms. The second kappa shape index (κ2) is 3.46. The van der Waals surface area contributed by atoms with Crippen LogP contribution < -0.4 is 0 Å². The van der Waals surface area contributed by atoms with Crippen molar-refractivity contribution in [3.05, 3.63) is 24.8 Å². The highest BCUT2D eigenvalue weighted by molar-refractivity contribution is 4.98. The molecule has 0 aromatic rings. The first-order valence-corrected chi connectivity index (χ1v) is 3.06. The molecule has 0 aromatic heterocycles. The van der Waals surface area contributed by atoms with Crippen LogP contribution in [0.15, 0.2) is 24.8 Å². The van der Waals surface area contributed by atoms with Gasteiger partial charge in [0.1, 0.15) is 0 Å². The fourth-order valence-corrected chi connectivity index (χ4v) is 0.453. The number of rotatable bonds is 3. The van der Waals surface area contributed by atoms with E-state index in [1.54, 1.807) is 19.9 Å². The van der Waals surface area contributed by atoms with Gasteiger partial charge in [-0.2, -0.15) is 0 Å². The minimum absolute atomic E-state index is 0.584. The number of hydrogen-bond acceptors (Lipinski definition) is 1. The van der Waals surface area contributed by atoms with Gasteiger partial charge in [0.2, 0.25) is 0 Å². The lowest BCUT2D eigenvalue weighted by Crippen LogP contribution is -2.16. The lowest BCUT2D eigenvalue weighted by molar-refractivity contribution is 0.0839. The lowest BCUT2D eigenvalue weighted by atomic mass is 10.1. The van der Waals surface area contributed by atoms with Crippen molar-refractivity contribution in [2.75, 3.05) is 0 Å². The molecule has 0 saturated heterocycles. The Balaban J connectivity index is 3.50. The Morgan fingerprint density at radius 3 is 2.44 bits per heavy atom. The van der Waals surface area contributed by atoms with E-state index in [-0.39, 0.29) is 0 Å². The molecule has 0 aliphatic carbocycles. The maximum atomic E-state index is 9.16. The van der Waals surface area contributed by atoms with Crippen molar-refractivity contribution in [1.82, 2.24) is 0 Å². The van der Waals surface area contributed by atoms with Gasteiger partial charge in [-0.25, -0.2) is 0 Å². The SMILES string of the molecule is C=CC=CCC(C)(C)O. The zero-order valence-electron chi connectivity index (χ0n) is 6.09. The third kappa shape index (κ3) is 7.44. The van der Waals surface area contributed by atoms with Crippen LogP contribution in [0.4, 0.5) is 0 Å². The number of hydrogen-bond donors (Lipinski definition) is 1. The molecule has 0 amide bonds. The Kier molecular flexibility index (Phi) is 3.25. The molecule has 0 bridgehead atoms. The minimum atomic E-state index is -0.584. The molecule has 0 aliphatic rings. The van der Waals surface area contributed by atoms with Crippen LogP contribution in [-0.4, -0.2) is 10.7 Å². The molecule has 1 N–H and O–H groups in total. The first-order chi connectivity index (χ1) is 4.06. The van der Waals surface area contributed by atoms with Crippen LogP contribution in [0.5, 0.6) is 0 Å². The second-order valence-electron chi connectivity index (χ2n) is 2.68. The van der Waals surface area contributed by atoms with Crippen molar-refractivity contribution in [2.45, 2.75) is 25.9 Å². The van der Waals surface area contributed by atoms with Gasteiger partial charge in [-0.05, 0) is 20.3 Å². The van der Waals surface area contributed by atoms with Crippen molar-refractivity contribution in [3.63, 3.8) is 0 Å². The van der Waals surface area contributed by atoms with E-state index in [2.05, 4.69) is 6.58 Å². The highest BCUT2D eigenvalue weighted by atomic mass is 16.3. The van der Waals surface area contributed by atoms with Crippen LogP contribution in [0.1, 0.15) is 20.3 Å². The maximum absolute atomic E-state index is 9.16. The Morgan fingerprint density at radius 1 is 1.56 bits per heavy atom. The van der Waals surface area contributed by atoms with E-state index in [9.17, 15) is 0 Å². The topological polar surface area (TPSA) is 20.2 Å². The molecule has 0 saturated carbocycles. The van der Waals surface area contributed by atoms with E-state index >= 15 is 0 Å². The Morgan fingerprint density at radius 2 is 2.11 bits per heavy atom. The number of allylic oxidation sites excluding steroid dienone is 2. The predicted molar refractivity (Wildman–Crippen MR) is 40.3 cm³/mol. The van der Waals surface area contributed by atoms with E-state index in [0.29, 0.717) is 6.42 Å². The monoisotopic (exact) mass is 126 g/mol.